The summed E-state index contributed by atoms with van der Waals surface area (Å²) in [5.74, 6) is -1.23. The van der Waals surface area contributed by atoms with Crippen LogP contribution in [0.3, 0.4) is 0 Å². The van der Waals surface area contributed by atoms with E-state index in [-0.39, 0.29) is 65.8 Å². The van der Waals surface area contributed by atoms with Crippen LogP contribution in [0.15, 0.2) is 41.1 Å². The van der Waals surface area contributed by atoms with Crippen LogP contribution in [0, 0.1) is 11.8 Å². The van der Waals surface area contributed by atoms with Gasteiger partial charge in [-0.15, -0.1) is 35.1 Å². The molecule has 5 rings (SSSR count). The molecule has 0 saturated carbocycles. The summed E-state index contributed by atoms with van der Waals surface area (Å²) in [5, 5.41) is 16.9. The number of piperidine rings is 1. The van der Waals surface area contributed by atoms with E-state index in [0.717, 1.165) is 24.9 Å². The quantitative estimate of drug-likeness (QED) is 0.332. The average Bonchev–Trinajstić information content (AvgIpc) is 3.72. The van der Waals surface area contributed by atoms with Crippen molar-refractivity contribution in [1.29, 1.82) is 0 Å². The van der Waals surface area contributed by atoms with Gasteiger partial charge in [0.25, 0.3) is 11.8 Å². The highest BCUT2D eigenvalue weighted by Gasteiger charge is 2.30. The van der Waals surface area contributed by atoms with E-state index in [2.05, 4.69) is 31.2 Å². The minimum Gasteiger partial charge on any atom is -0.351 e. The number of nitrogens with one attached hydrogen (secondary N) is 4. The largest absolute Gasteiger partial charge is 0.351 e. The fraction of sp³-hybridized carbons (Fsp3) is 0.484. The Bertz CT molecular complexity index is 1460. The zero-order chi connectivity index (χ0) is 31.1. The number of aromatic nitrogens is 2. The molecular weight excluding hydrogens is 634 g/mol. The average molecular weight is 674 g/mol. The van der Waals surface area contributed by atoms with Crippen LogP contribution in [-0.2, 0) is 16.0 Å². The third-order valence-corrected chi connectivity index (χ3v) is 9.71. The SMILES string of the molecule is CC(C)[C@@H]1NC(=O)c2csc(n2)[C@H](Cc2ccccc2)NC(=O)CN(C(=O)[C@@H]2CCCNC2)CCCNC(=O)c2csc1n2.Cl. The molecule has 45 heavy (non-hydrogen) atoms. The van der Waals surface area contributed by atoms with Gasteiger partial charge in [-0.1, -0.05) is 44.2 Å². The van der Waals surface area contributed by atoms with Crippen molar-refractivity contribution in [3.8, 4) is 0 Å². The number of carbonyl (C=O) groups is 4. The maximum absolute atomic E-state index is 13.6. The summed E-state index contributed by atoms with van der Waals surface area (Å²) < 4.78 is 0. The van der Waals surface area contributed by atoms with E-state index < -0.39 is 12.1 Å². The third kappa shape index (κ3) is 9.09. The van der Waals surface area contributed by atoms with E-state index in [1.54, 1.807) is 15.7 Å². The number of rotatable bonds is 4. The van der Waals surface area contributed by atoms with Crippen molar-refractivity contribution in [2.45, 2.75) is 51.6 Å². The lowest BCUT2D eigenvalue weighted by molar-refractivity contribution is -0.140. The smallest absolute Gasteiger partial charge is 0.271 e. The molecular formula is C31H40ClN7O4S2. The van der Waals surface area contributed by atoms with Crippen LogP contribution in [0.4, 0.5) is 0 Å². The van der Waals surface area contributed by atoms with Gasteiger partial charge in [0.2, 0.25) is 11.8 Å². The summed E-state index contributed by atoms with van der Waals surface area (Å²) in [5.41, 5.74) is 1.54. The standard InChI is InChI=1S/C31H39N7O4S2.ClH/c1-19(2)26-30-36-23(17-44-30)27(40)33-12-7-13-38(31(42)21-10-6-11-32-15-21)16-25(39)34-22(14-20-8-4-3-5-9-20)29-35-24(18-43-29)28(41)37-26;/h3-5,8-9,17-19,21-22,26,32H,6-7,10-16H2,1-2H3,(H,33,40)(H,34,39)(H,37,41);1H/t21-,22+,26+;/m1./s1. The fourth-order valence-electron chi connectivity index (χ4n) is 5.43. The number of fused-ring (bicyclic) bond motifs is 4. The highest BCUT2D eigenvalue weighted by Crippen LogP contribution is 2.27. The monoisotopic (exact) mass is 673 g/mol. The Kier molecular flexibility index (Phi) is 12.5. The van der Waals surface area contributed by atoms with Crippen molar-refractivity contribution in [2.75, 3.05) is 32.7 Å². The normalized spacial score (nSPS) is 21.8. The van der Waals surface area contributed by atoms with E-state index in [1.165, 1.54) is 22.7 Å². The number of benzene rings is 1. The van der Waals surface area contributed by atoms with Crippen LogP contribution in [0.1, 0.15) is 81.7 Å². The second kappa shape index (κ2) is 16.3. The molecule has 4 N–H and O–H groups in total. The Balaban J connectivity index is 0.00000461. The molecule has 0 radical (unpaired) electrons. The fourth-order valence-corrected chi connectivity index (χ4v) is 7.30. The summed E-state index contributed by atoms with van der Waals surface area (Å²) in [6, 6.07) is 8.88. The van der Waals surface area contributed by atoms with Crippen molar-refractivity contribution in [2.24, 2.45) is 11.8 Å². The number of amides is 4. The van der Waals surface area contributed by atoms with Gasteiger partial charge >= 0.3 is 0 Å². The van der Waals surface area contributed by atoms with Gasteiger partial charge in [-0.25, -0.2) is 9.97 Å². The maximum atomic E-state index is 13.6. The van der Waals surface area contributed by atoms with Crippen LogP contribution in [0.25, 0.3) is 0 Å². The second-order valence-electron chi connectivity index (χ2n) is 11.6. The lowest BCUT2D eigenvalue weighted by Crippen LogP contribution is -2.48. The molecule has 0 aliphatic carbocycles. The first-order valence-corrected chi connectivity index (χ1v) is 16.9. The number of thiazole rings is 2. The van der Waals surface area contributed by atoms with Crippen LogP contribution >= 0.6 is 35.1 Å². The Hall–Kier alpha value is -3.39. The molecule has 1 saturated heterocycles. The first-order valence-electron chi connectivity index (χ1n) is 15.1. The zero-order valence-electron chi connectivity index (χ0n) is 25.4. The van der Waals surface area contributed by atoms with Crippen molar-refractivity contribution in [1.82, 2.24) is 36.1 Å². The predicted molar refractivity (Wildman–Crippen MR) is 177 cm³/mol. The zero-order valence-corrected chi connectivity index (χ0v) is 27.9. The van der Waals surface area contributed by atoms with Crippen molar-refractivity contribution < 1.29 is 19.2 Å². The van der Waals surface area contributed by atoms with E-state index in [4.69, 9.17) is 0 Å². The lowest BCUT2D eigenvalue weighted by atomic mass is 9.98. The molecule has 1 fully saturated rings. The van der Waals surface area contributed by atoms with Crippen LogP contribution in [0.2, 0.25) is 0 Å². The van der Waals surface area contributed by atoms with Crippen LogP contribution in [0.5, 0.6) is 0 Å². The molecule has 242 valence electrons. The van der Waals surface area contributed by atoms with Gasteiger partial charge in [0, 0.05) is 30.4 Å². The summed E-state index contributed by atoms with van der Waals surface area (Å²) in [6.45, 7) is 5.95. The molecule has 3 atom stereocenters. The molecule has 4 bridgehead atoms. The first-order chi connectivity index (χ1) is 21.3. The number of nitrogens with zero attached hydrogens (tertiary/aromatic N) is 3. The molecule has 2 aromatic heterocycles. The minimum atomic E-state index is -0.492. The van der Waals surface area contributed by atoms with Crippen LogP contribution < -0.4 is 21.3 Å². The summed E-state index contributed by atoms with van der Waals surface area (Å²) in [6.07, 6.45) is 2.63. The Morgan fingerprint density at radius 1 is 0.956 bits per heavy atom. The molecule has 4 amide bonds. The maximum Gasteiger partial charge on any atom is 0.271 e. The molecule has 2 aliphatic heterocycles. The van der Waals surface area contributed by atoms with Gasteiger partial charge in [0.1, 0.15) is 21.4 Å². The van der Waals surface area contributed by atoms with E-state index in [0.29, 0.717) is 42.5 Å². The lowest BCUT2D eigenvalue weighted by Gasteiger charge is -2.30. The number of hydrogen-bond donors (Lipinski definition) is 4. The Morgan fingerprint density at radius 2 is 1.67 bits per heavy atom. The van der Waals surface area contributed by atoms with Gasteiger partial charge in [-0.05, 0) is 43.7 Å². The van der Waals surface area contributed by atoms with Gasteiger partial charge in [-0.3, -0.25) is 19.2 Å². The third-order valence-electron chi connectivity index (χ3n) is 7.83. The van der Waals surface area contributed by atoms with E-state index in [9.17, 15) is 19.2 Å². The van der Waals surface area contributed by atoms with E-state index >= 15 is 0 Å². The van der Waals surface area contributed by atoms with Crippen LogP contribution in [-0.4, -0.2) is 71.2 Å². The highest BCUT2D eigenvalue weighted by atomic mass is 35.5. The van der Waals surface area contributed by atoms with Gasteiger partial charge < -0.3 is 26.2 Å². The van der Waals surface area contributed by atoms with Crippen molar-refractivity contribution >= 4 is 58.7 Å². The second-order valence-corrected chi connectivity index (χ2v) is 13.3. The summed E-state index contributed by atoms with van der Waals surface area (Å²) in [4.78, 5) is 64.2. The number of halogens is 1. The summed E-state index contributed by atoms with van der Waals surface area (Å²) >= 11 is 2.64. The van der Waals surface area contributed by atoms with Gasteiger partial charge in [0.05, 0.1) is 24.5 Å². The number of hydrogen-bond acceptors (Lipinski definition) is 9. The molecule has 2 aliphatic rings. The molecule has 14 heteroatoms. The molecule has 0 spiro atoms. The van der Waals surface area contributed by atoms with Crippen molar-refractivity contribution in [3.63, 3.8) is 0 Å². The number of carbonyl (C=O) groups excluding carboxylic acids is 4. The Morgan fingerprint density at radius 3 is 2.38 bits per heavy atom. The topological polar surface area (TPSA) is 145 Å². The molecule has 4 heterocycles. The molecule has 3 aromatic rings. The molecule has 11 nitrogen and oxygen atoms in total. The summed E-state index contributed by atoms with van der Waals surface area (Å²) in [7, 11) is 0. The highest BCUT2D eigenvalue weighted by molar-refractivity contribution is 7.10. The predicted octanol–water partition coefficient (Wildman–Crippen LogP) is 3.51. The Labute approximate surface area is 277 Å². The van der Waals surface area contributed by atoms with Gasteiger partial charge in [0.15, 0.2) is 0 Å². The molecule has 0 unspecified atom stereocenters. The first kappa shape index (κ1) is 34.5. The van der Waals surface area contributed by atoms with Gasteiger partial charge in [-0.2, -0.15) is 0 Å². The minimum absolute atomic E-state index is 0. The molecule has 1 aromatic carbocycles. The van der Waals surface area contributed by atoms with Crippen molar-refractivity contribution in [3.05, 3.63) is 68.1 Å². The van der Waals surface area contributed by atoms with E-state index in [1.807, 2.05) is 44.2 Å².